The monoisotopic (exact) mass is 419 g/mol. The molecule has 2 saturated heterocycles. The van der Waals surface area contributed by atoms with Crippen molar-refractivity contribution in [1.29, 1.82) is 0 Å². The Kier molecular flexibility index (Phi) is 7.93. The number of carbonyl (C=O) groups is 2. The van der Waals surface area contributed by atoms with Gasteiger partial charge >= 0.3 is 0 Å². The van der Waals surface area contributed by atoms with Crippen molar-refractivity contribution in [1.82, 2.24) is 15.1 Å². The molecule has 1 atom stereocenters. The van der Waals surface area contributed by atoms with Gasteiger partial charge in [-0.2, -0.15) is 0 Å². The summed E-state index contributed by atoms with van der Waals surface area (Å²) in [6.45, 7) is 5.71. The highest BCUT2D eigenvalue weighted by Crippen LogP contribution is 2.27. The molecule has 0 bridgehead atoms. The van der Waals surface area contributed by atoms with Gasteiger partial charge in [0.1, 0.15) is 17.6 Å². The number of hydrogen-bond donors (Lipinski definition) is 2. The van der Waals surface area contributed by atoms with Crippen LogP contribution in [-0.4, -0.2) is 85.3 Å². The van der Waals surface area contributed by atoms with Gasteiger partial charge in [0.05, 0.1) is 18.8 Å². The number of methoxy groups -OCH3 is 1. The van der Waals surface area contributed by atoms with Crippen molar-refractivity contribution < 1.29 is 24.2 Å². The number of benzene rings is 1. The Labute approximate surface area is 178 Å². The van der Waals surface area contributed by atoms with E-state index in [0.29, 0.717) is 49.8 Å². The molecule has 0 spiro atoms. The highest BCUT2D eigenvalue weighted by atomic mass is 16.5. The van der Waals surface area contributed by atoms with Gasteiger partial charge in [0.15, 0.2) is 0 Å². The number of likely N-dealkylation sites (tertiary alicyclic amines) is 2. The number of β-amino-alcohol motifs (C(OH)–C–C–N with tert-alkyl or cyclic N) is 1. The molecule has 2 N–H and O–H groups in total. The van der Waals surface area contributed by atoms with Crippen LogP contribution in [0.5, 0.6) is 11.5 Å². The number of piperidine rings is 2. The number of hydrogen-bond acceptors (Lipinski definition) is 6. The van der Waals surface area contributed by atoms with Crippen molar-refractivity contribution in [3.63, 3.8) is 0 Å². The molecule has 0 aromatic heterocycles. The molecule has 0 saturated carbocycles. The first-order chi connectivity index (χ1) is 14.5. The normalized spacial score (nSPS) is 20.6. The Bertz CT molecular complexity index is 733. The number of nitrogens with zero attached hydrogens (tertiary/aromatic N) is 2. The number of aliphatic hydroxyl groups excluding tert-OH is 1. The van der Waals surface area contributed by atoms with Gasteiger partial charge in [-0.05, 0) is 37.6 Å². The molecule has 0 radical (unpaired) electrons. The van der Waals surface area contributed by atoms with Crippen molar-refractivity contribution >= 4 is 11.8 Å². The van der Waals surface area contributed by atoms with Crippen LogP contribution in [0.3, 0.4) is 0 Å². The zero-order valence-electron chi connectivity index (χ0n) is 17.9. The van der Waals surface area contributed by atoms with E-state index in [1.807, 2.05) is 4.90 Å². The van der Waals surface area contributed by atoms with Crippen molar-refractivity contribution in [2.24, 2.45) is 0 Å². The third-order valence-corrected chi connectivity index (χ3v) is 5.81. The molecule has 2 fully saturated rings. The first-order valence-electron chi connectivity index (χ1n) is 10.7. The largest absolute Gasteiger partial charge is 0.497 e. The van der Waals surface area contributed by atoms with Crippen molar-refractivity contribution in [3.8, 4) is 11.5 Å². The van der Waals surface area contributed by atoms with Gasteiger partial charge in [0, 0.05) is 52.5 Å². The Morgan fingerprint density at radius 2 is 1.97 bits per heavy atom. The molecule has 166 valence electrons. The van der Waals surface area contributed by atoms with Gasteiger partial charge in [-0.25, -0.2) is 0 Å². The van der Waals surface area contributed by atoms with Crippen LogP contribution in [0.25, 0.3) is 0 Å². The fraction of sp³-hybridized carbons (Fsp3) is 0.636. The molecule has 1 unspecified atom stereocenters. The summed E-state index contributed by atoms with van der Waals surface area (Å²) in [5, 5.41) is 12.7. The van der Waals surface area contributed by atoms with Crippen molar-refractivity contribution in [3.05, 3.63) is 23.8 Å². The van der Waals surface area contributed by atoms with Gasteiger partial charge in [0.2, 0.25) is 5.91 Å². The number of nitrogens with one attached hydrogen (secondary N) is 1. The van der Waals surface area contributed by atoms with Crippen LogP contribution in [0.4, 0.5) is 0 Å². The van der Waals surface area contributed by atoms with E-state index in [0.717, 1.165) is 32.2 Å². The number of amides is 2. The van der Waals surface area contributed by atoms with E-state index in [4.69, 9.17) is 9.47 Å². The molecule has 8 nitrogen and oxygen atoms in total. The van der Waals surface area contributed by atoms with Gasteiger partial charge in [-0.3, -0.25) is 14.5 Å². The van der Waals surface area contributed by atoms with E-state index in [2.05, 4.69) is 10.2 Å². The van der Waals surface area contributed by atoms with Crippen LogP contribution in [-0.2, 0) is 4.79 Å². The lowest BCUT2D eigenvalue weighted by Gasteiger charge is -2.32. The SMILES string of the molecule is COc1ccc(OC2CCN(C(C)=O)CC2)c(C(=O)NCCN2CCCC(O)C2)c1. The third-order valence-electron chi connectivity index (χ3n) is 5.81. The summed E-state index contributed by atoms with van der Waals surface area (Å²) < 4.78 is 11.4. The van der Waals surface area contributed by atoms with Crippen molar-refractivity contribution in [2.45, 2.75) is 44.8 Å². The number of carbonyl (C=O) groups excluding carboxylic acids is 2. The summed E-state index contributed by atoms with van der Waals surface area (Å²) in [5.41, 5.74) is 0.446. The Morgan fingerprint density at radius 1 is 1.20 bits per heavy atom. The lowest BCUT2D eigenvalue weighted by Crippen LogP contribution is -2.42. The number of aliphatic hydroxyl groups is 1. The van der Waals surface area contributed by atoms with Crippen LogP contribution in [0, 0.1) is 0 Å². The first-order valence-corrected chi connectivity index (χ1v) is 10.7. The van der Waals surface area contributed by atoms with Crippen LogP contribution in [0.2, 0.25) is 0 Å². The third kappa shape index (κ3) is 6.09. The van der Waals surface area contributed by atoms with Crippen molar-refractivity contribution in [2.75, 3.05) is 46.4 Å². The van der Waals surface area contributed by atoms with Gasteiger partial charge in [-0.15, -0.1) is 0 Å². The standard InChI is InChI=1S/C22H33N3O5/c1-16(26)25-11-7-18(8-12-25)30-21-6-5-19(29-2)14-20(21)22(28)23-9-13-24-10-3-4-17(27)15-24/h5-6,14,17-18,27H,3-4,7-13,15H2,1-2H3,(H,23,28). The van der Waals surface area contributed by atoms with Crippen LogP contribution < -0.4 is 14.8 Å². The molecular weight excluding hydrogens is 386 g/mol. The predicted octanol–water partition coefficient (Wildman–Crippen LogP) is 1.27. The Morgan fingerprint density at radius 3 is 2.63 bits per heavy atom. The summed E-state index contributed by atoms with van der Waals surface area (Å²) in [4.78, 5) is 28.4. The Hall–Kier alpha value is -2.32. The quantitative estimate of drug-likeness (QED) is 0.692. The zero-order chi connectivity index (χ0) is 21.5. The minimum absolute atomic E-state index is 0.0321. The molecule has 1 aromatic carbocycles. The maximum Gasteiger partial charge on any atom is 0.255 e. The molecule has 2 heterocycles. The number of rotatable bonds is 7. The molecule has 0 aliphatic carbocycles. The molecule has 2 aliphatic rings. The molecule has 1 aromatic rings. The molecule has 30 heavy (non-hydrogen) atoms. The van der Waals surface area contributed by atoms with E-state index in [9.17, 15) is 14.7 Å². The summed E-state index contributed by atoms with van der Waals surface area (Å²) in [5.74, 6) is 1.00. The predicted molar refractivity (Wildman–Crippen MR) is 113 cm³/mol. The summed E-state index contributed by atoms with van der Waals surface area (Å²) in [7, 11) is 1.57. The summed E-state index contributed by atoms with van der Waals surface area (Å²) in [6, 6.07) is 5.25. The van der Waals surface area contributed by atoms with Crippen LogP contribution in [0.1, 0.15) is 43.0 Å². The second kappa shape index (κ2) is 10.6. The maximum absolute atomic E-state index is 12.9. The van der Waals surface area contributed by atoms with Gasteiger partial charge in [-0.1, -0.05) is 0 Å². The van der Waals surface area contributed by atoms with E-state index >= 15 is 0 Å². The summed E-state index contributed by atoms with van der Waals surface area (Å²) >= 11 is 0. The molecule has 2 amide bonds. The lowest BCUT2D eigenvalue weighted by molar-refractivity contribution is -0.130. The maximum atomic E-state index is 12.9. The van der Waals surface area contributed by atoms with Gasteiger partial charge in [0.25, 0.3) is 5.91 Å². The topological polar surface area (TPSA) is 91.3 Å². The number of ether oxygens (including phenoxy) is 2. The highest BCUT2D eigenvalue weighted by Gasteiger charge is 2.24. The zero-order valence-corrected chi connectivity index (χ0v) is 17.9. The van der Waals surface area contributed by atoms with Crippen LogP contribution >= 0.6 is 0 Å². The second-order valence-corrected chi connectivity index (χ2v) is 8.04. The molecule has 8 heteroatoms. The fourth-order valence-electron chi connectivity index (χ4n) is 4.04. The fourth-order valence-corrected chi connectivity index (χ4v) is 4.04. The smallest absolute Gasteiger partial charge is 0.255 e. The van der Waals surface area contributed by atoms with Crippen LogP contribution in [0.15, 0.2) is 18.2 Å². The lowest BCUT2D eigenvalue weighted by atomic mass is 10.1. The molecular formula is C22H33N3O5. The molecule has 2 aliphatic heterocycles. The van der Waals surface area contributed by atoms with E-state index in [1.54, 1.807) is 32.2 Å². The van der Waals surface area contributed by atoms with E-state index in [1.165, 1.54) is 0 Å². The minimum Gasteiger partial charge on any atom is -0.497 e. The second-order valence-electron chi connectivity index (χ2n) is 8.04. The van der Waals surface area contributed by atoms with Gasteiger partial charge < -0.3 is 24.8 Å². The summed E-state index contributed by atoms with van der Waals surface area (Å²) in [6.07, 6.45) is 3.00. The van der Waals surface area contributed by atoms with E-state index in [-0.39, 0.29) is 24.0 Å². The highest BCUT2D eigenvalue weighted by molar-refractivity contribution is 5.97. The first kappa shape index (κ1) is 22.4. The van der Waals surface area contributed by atoms with E-state index < -0.39 is 0 Å². The average Bonchev–Trinajstić information content (AvgIpc) is 2.74. The Balaban J connectivity index is 1.58. The minimum atomic E-state index is -0.276. The average molecular weight is 420 g/mol. The molecule has 3 rings (SSSR count).